The van der Waals surface area contributed by atoms with Gasteiger partial charge in [0, 0.05) is 49.9 Å². The number of aryl methyl sites for hydroxylation is 2. The summed E-state index contributed by atoms with van der Waals surface area (Å²) in [4.78, 5) is 33.7. The zero-order valence-corrected chi connectivity index (χ0v) is 17.1. The van der Waals surface area contributed by atoms with Gasteiger partial charge >= 0.3 is 0 Å². The molecule has 2 aliphatic rings. The van der Waals surface area contributed by atoms with Crippen LogP contribution in [-0.2, 0) is 11.2 Å². The summed E-state index contributed by atoms with van der Waals surface area (Å²) >= 11 is 0. The van der Waals surface area contributed by atoms with E-state index < -0.39 is 0 Å². The van der Waals surface area contributed by atoms with Gasteiger partial charge in [0.2, 0.25) is 5.91 Å². The van der Waals surface area contributed by atoms with Gasteiger partial charge in [0.25, 0.3) is 5.91 Å². The third kappa shape index (κ3) is 4.34. The summed E-state index contributed by atoms with van der Waals surface area (Å²) in [6, 6.07) is 14.1. The maximum atomic E-state index is 12.8. The quantitative estimate of drug-likeness (QED) is 0.784. The molecule has 2 aromatic rings. The molecule has 0 saturated carbocycles. The lowest BCUT2D eigenvalue weighted by Gasteiger charge is -2.39. The van der Waals surface area contributed by atoms with Gasteiger partial charge in [-0.1, -0.05) is 30.3 Å². The lowest BCUT2D eigenvalue weighted by molar-refractivity contribution is -0.127. The number of carbonyl (C=O) groups is 2. The van der Waals surface area contributed by atoms with Crippen molar-refractivity contribution >= 4 is 11.8 Å². The molecule has 0 atom stereocenters. The molecule has 2 fully saturated rings. The molecule has 152 valence electrons. The summed E-state index contributed by atoms with van der Waals surface area (Å²) < 4.78 is 0. The predicted octanol–water partition coefficient (Wildman–Crippen LogP) is 3.48. The Labute approximate surface area is 172 Å². The first kappa shape index (κ1) is 19.6. The number of hydrogen-bond donors (Lipinski definition) is 0. The van der Waals surface area contributed by atoms with E-state index in [1.807, 2.05) is 34.9 Å². The second-order valence-corrected chi connectivity index (χ2v) is 8.51. The van der Waals surface area contributed by atoms with E-state index >= 15 is 0 Å². The summed E-state index contributed by atoms with van der Waals surface area (Å²) in [7, 11) is 0. The smallest absolute Gasteiger partial charge is 0.255 e. The summed E-state index contributed by atoms with van der Waals surface area (Å²) in [6.45, 7) is 4.99. The second kappa shape index (κ2) is 8.36. The van der Waals surface area contributed by atoms with E-state index in [0.717, 1.165) is 57.6 Å². The highest BCUT2D eigenvalue weighted by atomic mass is 16.2. The molecule has 3 heterocycles. The SMILES string of the molecule is Cc1ncccc1C(=O)N1CCC2(CC1)CC(=O)N(CCCc1ccccc1)C2. The zero-order chi connectivity index (χ0) is 20.3. The molecule has 1 aromatic heterocycles. The minimum Gasteiger partial charge on any atom is -0.342 e. The van der Waals surface area contributed by atoms with Crippen LogP contribution in [0.15, 0.2) is 48.7 Å². The van der Waals surface area contributed by atoms with Crippen LogP contribution in [0.4, 0.5) is 0 Å². The minimum atomic E-state index is 0.0462. The minimum absolute atomic E-state index is 0.0462. The van der Waals surface area contributed by atoms with Gasteiger partial charge in [0.15, 0.2) is 0 Å². The number of benzene rings is 1. The number of nitrogens with zero attached hydrogens (tertiary/aromatic N) is 3. The van der Waals surface area contributed by atoms with Crippen LogP contribution in [-0.4, -0.2) is 52.8 Å². The Balaban J connectivity index is 1.30. The Kier molecular flexibility index (Phi) is 5.65. The molecule has 1 spiro atoms. The topological polar surface area (TPSA) is 53.5 Å². The van der Waals surface area contributed by atoms with E-state index in [-0.39, 0.29) is 17.2 Å². The van der Waals surface area contributed by atoms with Crippen LogP contribution >= 0.6 is 0 Å². The van der Waals surface area contributed by atoms with Gasteiger partial charge in [-0.15, -0.1) is 0 Å². The number of carbonyl (C=O) groups excluding carboxylic acids is 2. The summed E-state index contributed by atoms with van der Waals surface area (Å²) in [6.07, 6.45) is 6.15. The molecule has 29 heavy (non-hydrogen) atoms. The average molecular weight is 392 g/mol. The average Bonchev–Trinajstić information content (AvgIpc) is 3.04. The first-order valence-electron chi connectivity index (χ1n) is 10.6. The molecule has 5 nitrogen and oxygen atoms in total. The highest BCUT2D eigenvalue weighted by molar-refractivity contribution is 5.95. The number of aromatic nitrogens is 1. The van der Waals surface area contributed by atoms with Crippen molar-refractivity contribution in [2.45, 2.75) is 39.0 Å². The van der Waals surface area contributed by atoms with Crippen LogP contribution in [0.25, 0.3) is 0 Å². The van der Waals surface area contributed by atoms with E-state index in [0.29, 0.717) is 12.0 Å². The Hall–Kier alpha value is -2.69. The molecule has 1 aromatic carbocycles. The molecule has 5 heteroatoms. The Bertz CT molecular complexity index is 873. The van der Waals surface area contributed by atoms with Gasteiger partial charge in [-0.05, 0) is 50.3 Å². The summed E-state index contributed by atoms with van der Waals surface area (Å²) in [5, 5.41) is 0. The predicted molar refractivity (Wildman–Crippen MR) is 113 cm³/mol. The Morgan fingerprint density at radius 3 is 2.59 bits per heavy atom. The molecule has 2 amide bonds. The van der Waals surface area contributed by atoms with Crippen molar-refractivity contribution in [1.29, 1.82) is 0 Å². The maximum Gasteiger partial charge on any atom is 0.255 e. The van der Waals surface area contributed by atoms with Crippen molar-refractivity contribution < 1.29 is 9.59 Å². The van der Waals surface area contributed by atoms with Gasteiger partial charge in [0.05, 0.1) is 5.56 Å². The maximum absolute atomic E-state index is 12.8. The highest BCUT2D eigenvalue weighted by Gasteiger charge is 2.45. The fourth-order valence-electron chi connectivity index (χ4n) is 4.70. The molecular formula is C24H29N3O2. The van der Waals surface area contributed by atoms with E-state index in [4.69, 9.17) is 0 Å². The van der Waals surface area contributed by atoms with Crippen molar-refractivity contribution in [3.8, 4) is 0 Å². The molecule has 0 aliphatic carbocycles. The van der Waals surface area contributed by atoms with Crippen LogP contribution in [0, 0.1) is 12.3 Å². The largest absolute Gasteiger partial charge is 0.342 e. The first-order chi connectivity index (χ1) is 14.1. The number of amides is 2. The van der Waals surface area contributed by atoms with Gasteiger partial charge < -0.3 is 9.80 Å². The Morgan fingerprint density at radius 2 is 1.86 bits per heavy atom. The molecule has 2 saturated heterocycles. The molecule has 0 N–H and O–H groups in total. The molecule has 0 unspecified atom stereocenters. The number of pyridine rings is 1. The van der Waals surface area contributed by atoms with Crippen LogP contribution in [0.2, 0.25) is 0 Å². The van der Waals surface area contributed by atoms with Crippen molar-refractivity contribution in [2.75, 3.05) is 26.2 Å². The van der Waals surface area contributed by atoms with Gasteiger partial charge in [-0.2, -0.15) is 0 Å². The highest BCUT2D eigenvalue weighted by Crippen LogP contribution is 2.41. The lowest BCUT2D eigenvalue weighted by Crippen LogP contribution is -2.44. The van der Waals surface area contributed by atoms with Crippen molar-refractivity contribution in [3.05, 3.63) is 65.5 Å². The fraction of sp³-hybridized carbons (Fsp3) is 0.458. The van der Waals surface area contributed by atoms with Gasteiger partial charge in [-0.3, -0.25) is 14.6 Å². The third-order valence-corrected chi connectivity index (χ3v) is 6.49. The first-order valence-corrected chi connectivity index (χ1v) is 10.6. The van der Waals surface area contributed by atoms with Gasteiger partial charge in [-0.25, -0.2) is 0 Å². The number of rotatable bonds is 5. The molecule has 2 aliphatic heterocycles. The normalized spacial score (nSPS) is 18.4. The third-order valence-electron chi connectivity index (χ3n) is 6.49. The van der Waals surface area contributed by atoms with Crippen molar-refractivity contribution in [3.63, 3.8) is 0 Å². The van der Waals surface area contributed by atoms with E-state index in [2.05, 4.69) is 29.2 Å². The van der Waals surface area contributed by atoms with Crippen LogP contribution in [0.5, 0.6) is 0 Å². The Morgan fingerprint density at radius 1 is 1.10 bits per heavy atom. The summed E-state index contributed by atoms with van der Waals surface area (Å²) in [5.41, 5.74) is 2.84. The second-order valence-electron chi connectivity index (χ2n) is 8.51. The molecular weight excluding hydrogens is 362 g/mol. The van der Waals surface area contributed by atoms with Crippen molar-refractivity contribution in [2.24, 2.45) is 5.41 Å². The van der Waals surface area contributed by atoms with E-state index in [1.165, 1.54) is 5.56 Å². The van der Waals surface area contributed by atoms with Crippen molar-refractivity contribution in [1.82, 2.24) is 14.8 Å². The number of piperidine rings is 1. The van der Waals surface area contributed by atoms with E-state index in [1.54, 1.807) is 6.20 Å². The van der Waals surface area contributed by atoms with E-state index in [9.17, 15) is 9.59 Å². The standard InChI is InChI=1S/C24H29N3O2/c1-19-21(10-5-13-25-19)23(29)26-15-11-24(12-16-26)17-22(28)27(18-24)14-6-9-20-7-3-2-4-8-20/h2-5,7-8,10,13H,6,9,11-12,14-18H2,1H3. The number of hydrogen-bond acceptors (Lipinski definition) is 3. The fourth-order valence-corrected chi connectivity index (χ4v) is 4.70. The van der Waals surface area contributed by atoms with Gasteiger partial charge in [0.1, 0.15) is 0 Å². The zero-order valence-electron chi connectivity index (χ0n) is 17.1. The molecule has 0 bridgehead atoms. The number of likely N-dealkylation sites (tertiary alicyclic amines) is 2. The van der Waals surface area contributed by atoms with Crippen LogP contribution in [0.3, 0.4) is 0 Å². The van der Waals surface area contributed by atoms with Crippen LogP contribution < -0.4 is 0 Å². The van der Waals surface area contributed by atoms with Crippen LogP contribution in [0.1, 0.15) is 47.3 Å². The lowest BCUT2D eigenvalue weighted by atomic mass is 9.77. The monoisotopic (exact) mass is 391 g/mol. The summed E-state index contributed by atoms with van der Waals surface area (Å²) in [5.74, 6) is 0.343. The molecule has 4 rings (SSSR count). The molecule has 0 radical (unpaired) electrons.